The number of carbonyl (C=O) groups excluding carboxylic acids is 1. The number of nitriles is 1. The maximum absolute atomic E-state index is 12.6. The molecule has 0 unspecified atom stereocenters. The molecule has 1 aliphatic heterocycles. The van der Waals surface area contributed by atoms with Crippen LogP contribution in [0.4, 0.5) is 5.69 Å². The first kappa shape index (κ1) is 23.6. The molecule has 0 radical (unpaired) electrons. The third-order valence-electron chi connectivity index (χ3n) is 5.69. The Bertz CT molecular complexity index is 1240. The first-order chi connectivity index (χ1) is 16.5. The lowest BCUT2D eigenvalue weighted by Gasteiger charge is -2.28. The van der Waals surface area contributed by atoms with Gasteiger partial charge in [-0.2, -0.15) is 5.26 Å². The van der Waals surface area contributed by atoms with Crippen molar-refractivity contribution in [3.05, 3.63) is 65.4 Å². The van der Waals surface area contributed by atoms with Gasteiger partial charge in [0.2, 0.25) is 5.91 Å². The Morgan fingerprint density at radius 3 is 2.68 bits per heavy atom. The van der Waals surface area contributed by atoms with Crippen molar-refractivity contribution in [2.45, 2.75) is 18.0 Å². The van der Waals surface area contributed by atoms with Crippen LogP contribution in [0.3, 0.4) is 0 Å². The Hall–Kier alpha value is -3.54. The van der Waals surface area contributed by atoms with Gasteiger partial charge < -0.3 is 19.7 Å². The summed E-state index contributed by atoms with van der Waals surface area (Å²) >= 11 is 1.27. The van der Waals surface area contributed by atoms with Crippen LogP contribution in [0.1, 0.15) is 16.8 Å². The van der Waals surface area contributed by atoms with E-state index in [1.165, 1.54) is 11.8 Å². The molecule has 3 aromatic rings. The number of pyridine rings is 1. The molecule has 0 spiro atoms. The summed E-state index contributed by atoms with van der Waals surface area (Å²) in [6, 6.07) is 17.3. The molecule has 1 aliphatic rings. The number of carbonyl (C=O) groups is 1. The van der Waals surface area contributed by atoms with E-state index in [0.717, 1.165) is 41.0 Å². The Morgan fingerprint density at radius 1 is 1.18 bits per heavy atom. The fourth-order valence-corrected chi connectivity index (χ4v) is 4.92. The van der Waals surface area contributed by atoms with Crippen LogP contribution < -0.4 is 14.8 Å². The predicted octanol–water partition coefficient (Wildman–Crippen LogP) is 4.36. The summed E-state index contributed by atoms with van der Waals surface area (Å²) in [6.45, 7) is 1.55. The Balaban J connectivity index is 1.76. The number of rotatable bonds is 7. The van der Waals surface area contributed by atoms with Crippen molar-refractivity contribution in [2.24, 2.45) is 0 Å². The molecule has 4 rings (SSSR count). The number of nitrogens with zero attached hydrogens (tertiary/aromatic N) is 3. The fraction of sp³-hybridized carbons (Fsp3) is 0.269. The molecule has 34 heavy (non-hydrogen) atoms. The standard InChI is InChI=1S/C26H26N4O3S/c1-30-13-12-21-20(15-30)24(18-10-7-11-22(32-2)25(18)33-3)19(14-27)26(29-21)34-16-23(31)28-17-8-5-4-6-9-17/h4-11H,12-13,15-16H2,1-3H3,(H,28,31). The number of anilines is 1. The van der Waals surface area contributed by atoms with Crippen molar-refractivity contribution in [2.75, 3.05) is 38.9 Å². The van der Waals surface area contributed by atoms with Gasteiger partial charge >= 0.3 is 0 Å². The zero-order valence-electron chi connectivity index (χ0n) is 19.4. The number of methoxy groups -OCH3 is 2. The summed E-state index contributed by atoms with van der Waals surface area (Å²) in [5.41, 5.74) is 4.71. The van der Waals surface area contributed by atoms with Crippen molar-refractivity contribution >= 4 is 23.4 Å². The average molecular weight is 475 g/mol. The van der Waals surface area contributed by atoms with Gasteiger partial charge in [0.05, 0.1) is 25.5 Å². The minimum absolute atomic E-state index is 0.143. The monoisotopic (exact) mass is 474 g/mol. The number of thioether (sulfide) groups is 1. The summed E-state index contributed by atoms with van der Waals surface area (Å²) < 4.78 is 11.2. The molecule has 0 fully saturated rings. The molecular formula is C26H26N4O3S. The van der Waals surface area contributed by atoms with Crippen molar-refractivity contribution in [3.63, 3.8) is 0 Å². The number of amides is 1. The van der Waals surface area contributed by atoms with E-state index in [1.54, 1.807) is 14.2 Å². The molecular weight excluding hydrogens is 448 g/mol. The van der Waals surface area contributed by atoms with Gasteiger partial charge in [-0.1, -0.05) is 42.1 Å². The molecule has 7 nitrogen and oxygen atoms in total. The van der Waals surface area contributed by atoms with Gasteiger partial charge in [-0.15, -0.1) is 0 Å². The van der Waals surface area contributed by atoms with Crippen LogP contribution in [0, 0.1) is 11.3 Å². The van der Waals surface area contributed by atoms with E-state index < -0.39 is 0 Å². The molecule has 174 valence electrons. The highest BCUT2D eigenvalue weighted by atomic mass is 32.2. The number of para-hydroxylation sites is 2. The number of aromatic nitrogens is 1. The fourth-order valence-electron chi connectivity index (χ4n) is 4.11. The minimum atomic E-state index is -0.153. The lowest BCUT2D eigenvalue weighted by Crippen LogP contribution is -2.28. The highest BCUT2D eigenvalue weighted by Gasteiger charge is 2.27. The molecule has 1 N–H and O–H groups in total. The average Bonchev–Trinajstić information content (AvgIpc) is 2.86. The normalized spacial score (nSPS) is 13.0. The highest BCUT2D eigenvalue weighted by molar-refractivity contribution is 8.00. The summed E-state index contributed by atoms with van der Waals surface area (Å²) in [5, 5.41) is 13.7. The molecule has 0 saturated carbocycles. The summed E-state index contributed by atoms with van der Waals surface area (Å²) in [4.78, 5) is 19.6. The van der Waals surface area contributed by atoms with Crippen LogP contribution >= 0.6 is 11.8 Å². The van der Waals surface area contributed by atoms with E-state index in [0.29, 0.717) is 28.6 Å². The molecule has 0 bridgehead atoms. The molecule has 2 heterocycles. The van der Waals surface area contributed by atoms with Crippen molar-refractivity contribution in [1.29, 1.82) is 5.26 Å². The van der Waals surface area contributed by atoms with E-state index in [4.69, 9.17) is 14.5 Å². The minimum Gasteiger partial charge on any atom is -0.493 e. The molecule has 1 aromatic heterocycles. The molecule has 0 aliphatic carbocycles. The number of likely N-dealkylation sites (N-methyl/N-ethyl adjacent to an activating group) is 1. The maximum atomic E-state index is 12.6. The van der Waals surface area contributed by atoms with Gasteiger partial charge in [-0.25, -0.2) is 4.98 Å². The summed E-state index contributed by atoms with van der Waals surface area (Å²) in [6.07, 6.45) is 0.764. The second-order valence-corrected chi connectivity index (χ2v) is 8.90. The molecule has 2 aromatic carbocycles. The van der Waals surface area contributed by atoms with Gasteiger partial charge in [0.1, 0.15) is 11.1 Å². The molecule has 1 amide bonds. The van der Waals surface area contributed by atoms with Crippen molar-refractivity contribution < 1.29 is 14.3 Å². The second kappa shape index (κ2) is 10.6. The number of fused-ring (bicyclic) bond motifs is 1. The van der Waals surface area contributed by atoms with Crippen LogP contribution in [0.2, 0.25) is 0 Å². The summed E-state index contributed by atoms with van der Waals surface area (Å²) in [5.74, 6) is 1.15. The van der Waals surface area contributed by atoms with E-state index in [1.807, 2.05) is 48.5 Å². The Morgan fingerprint density at radius 2 is 1.97 bits per heavy atom. The quantitative estimate of drug-likeness (QED) is 0.509. The Labute approximate surface area is 203 Å². The molecule has 0 saturated heterocycles. The first-order valence-corrected chi connectivity index (χ1v) is 11.9. The number of ether oxygens (including phenoxy) is 2. The van der Waals surface area contributed by atoms with Crippen molar-refractivity contribution in [1.82, 2.24) is 9.88 Å². The highest BCUT2D eigenvalue weighted by Crippen LogP contribution is 2.44. The topological polar surface area (TPSA) is 87.5 Å². The molecule has 0 atom stereocenters. The third-order valence-corrected chi connectivity index (χ3v) is 6.67. The van der Waals surface area contributed by atoms with E-state index in [2.05, 4.69) is 23.3 Å². The largest absolute Gasteiger partial charge is 0.493 e. The number of benzene rings is 2. The smallest absolute Gasteiger partial charge is 0.234 e. The van der Waals surface area contributed by atoms with Crippen LogP contribution in [0.25, 0.3) is 11.1 Å². The number of hydrogen-bond acceptors (Lipinski definition) is 7. The van der Waals surface area contributed by atoms with Crippen LogP contribution in [0.15, 0.2) is 53.6 Å². The maximum Gasteiger partial charge on any atom is 0.234 e. The third kappa shape index (κ3) is 4.86. The van der Waals surface area contributed by atoms with Gasteiger partial charge in [-0.05, 0) is 30.8 Å². The van der Waals surface area contributed by atoms with Crippen molar-refractivity contribution in [3.8, 4) is 28.7 Å². The summed E-state index contributed by atoms with van der Waals surface area (Å²) in [7, 11) is 5.24. The Kier molecular flexibility index (Phi) is 7.36. The zero-order valence-corrected chi connectivity index (χ0v) is 20.2. The van der Waals surface area contributed by atoms with Crippen LogP contribution in [-0.2, 0) is 17.8 Å². The first-order valence-electron chi connectivity index (χ1n) is 10.9. The predicted molar refractivity (Wildman–Crippen MR) is 133 cm³/mol. The van der Waals surface area contributed by atoms with Gasteiger partial charge in [0.15, 0.2) is 11.5 Å². The van der Waals surface area contributed by atoms with E-state index in [9.17, 15) is 10.1 Å². The number of nitrogens with one attached hydrogen (secondary N) is 1. The van der Waals surface area contributed by atoms with Gasteiger partial charge in [0.25, 0.3) is 0 Å². The lowest BCUT2D eigenvalue weighted by molar-refractivity contribution is -0.113. The van der Waals surface area contributed by atoms with Gasteiger partial charge in [-0.3, -0.25) is 4.79 Å². The SMILES string of the molecule is COc1cccc(-c2c(C#N)c(SCC(=O)Nc3ccccc3)nc3c2CN(C)CC3)c1OC. The second-order valence-electron chi connectivity index (χ2n) is 7.94. The van der Waals surface area contributed by atoms with Crippen LogP contribution in [0.5, 0.6) is 11.5 Å². The number of hydrogen-bond donors (Lipinski definition) is 1. The zero-order chi connectivity index (χ0) is 24.1. The van der Waals surface area contributed by atoms with E-state index in [-0.39, 0.29) is 11.7 Å². The van der Waals surface area contributed by atoms with Crippen LogP contribution in [-0.4, -0.2) is 49.4 Å². The molecule has 8 heteroatoms. The van der Waals surface area contributed by atoms with E-state index >= 15 is 0 Å². The lowest BCUT2D eigenvalue weighted by atomic mass is 9.91. The van der Waals surface area contributed by atoms with Gasteiger partial charge in [0, 0.05) is 42.0 Å².